The molecule has 2 aliphatic rings. The van der Waals surface area contributed by atoms with E-state index in [4.69, 9.17) is 5.73 Å². The maximum absolute atomic E-state index is 13.1. The molecule has 1 aliphatic heterocycles. The molecular formula is C21H25N5O. The van der Waals surface area contributed by atoms with Gasteiger partial charge >= 0.3 is 0 Å². The Balaban J connectivity index is 1.78. The van der Waals surface area contributed by atoms with E-state index in [0.717, 1.165) is 36.2 Å². The van der Waals surface area contributed by atoms with Crippen LogP contribution in [0.3, 0.4) is 0 Å². The summed E-state index contributed by atoms with van der Waals surface area (Å²) in [6, 6.07) is 5.78. The molecule has 0 bridgehead atoms. The number of aliphatic imine (C=N–C) groups is 1. The highest BCUT2D eigenvalue weighted by Crippen LogP contribution is 2.47. The van der Waals surface area contributed by atoms with Gasteiger partial charge in [0, 0.05) is 23.9 Å². The van der Waals surface area contributed by atoms with E-state index in [9.17, 15) is 4.79 Å². The molecule has 3 heterocycles. The third-order valence-electron chi connectivity index (χ3n) is 5.93. The van der Waals surface area contributed by atoms with E-state index < -0.39 is 5.41 Å². The van der Waals surface area contributed by atoms with Crippen LogP contribution >= 0.6 is 0 Å². The molecule has 0 atom stereocenters. The van der Waals surface area contributed by atoms with Crippen molar-refractivity contribution in [3.8, 4) is 11.3 Å². The Bertz CT molecular complexity index is 930. The molecule has 0 saturated heterocycles. The first-order valence-electron chi connectivity index (χ1n) is 9.44. The smallest absolute Gasteiger partial charge is 0.239 e. The second-order valence-electron chi connectivity index (χ2n) is 8.08. The van der Waals surface area contributed by atoms with Crippen molar-refractivity contribution in [3.63, 3.8) is 0 Å². The van der Waals surface area contributed by atoms with Gasteiger partial charge < -0.3 is 10.6 Å². The summed E-state index contributed by atoms with van der Waals surface area (Å²) in [6.07, 6.45) is 5.05. The summed E-state index contributed by atoms with van der Waals surface area (Å²) in [4.78, 5) is 28.1. The predicted molar refractivity (Wildman–Crippen MR) is 108 cm³/mol. The molecule has 0 radical (unpaired) electrons. The molecule has 1 aliphatic carbocycles. The van der Waals surface area contributed by atoms with E-state index in [-0.39, 0.29) is 11.9 Å². The molecular weight excluding hydrogens is 338 g/mol. The Morgan fingerprint density at radius 2 is 2.07 bits per heavy atom. The molecule has 1 saturated carbocycles. The van der Waals surface area contributed by atoms with E-state index in [1.807, 2.05) is 30.9 Å². The molecule has 27 heavy (non-hydrogen) atoms. The molecule has 1 amide bonds. The Morgan fingerprint density at radius 1 is 1.33 bits per heavy atom. The highest BCUT2D eigenvalue weighted by atomic mass is 16.2. The van der Waals surface area contributed by atoms with E-state index >= 15 is 0 Å². The van der Waals surface area contributed by atoms with E-state index in [1.54, 1.807) is 12.3 Å². The molecule has 0 spiro atoms. The Labute approximate surface area is 159 Å². The first-order chi connectivity index (χ1) is 12.8. The molecule has 0 unspecified atom stereocenters. The number of hydrogen-bond acceptors (Lipinski definition) is 5. The van der Waals surface area contributed by atoms with Crippen LogP contribution in [0.1, 0.15) is 45.7 Å². The minimum Gasteiger partial charge on any atom is -0.384 e. The Hall–Kier alpha value is -2.76. The standard InChI is InChI=1S/C21H25N5O/c1-5-12-6-15(7-12)26-17-8-13(11-24-19(17)21(2,3)20(26)27)16-9-14(23-4)10-18(22)25-16/h8-12,15H,4-7H2,1-3H3,(H2,22,25). The highest BCUT2D eigenvalue weighted by molar-refractivity contribution is 6.08. The quantitative estimate of drug-likeness (QED) is 0.836. The lowest BCUT2D eigenvalue weighted by Crippen LogP contribution is -2.49. The number of rotatable bonds is 4. The van der Waals surface area contributed by atoms with Crippen LogP contribution in [0.4, 0.5) is 17.2 Å². The number of carbonyl (C=O) groups excluding carboxylic acids is 1. The second-order valence-corrected chi connectivity index (χ2v) is 8.08. The lowest BCUT2D eigenvalue weighted by molar-refractivity contribution is -0.123. The van der Waals surface area contributed by atoms with Gasteiger partial charge in [0.25, 0.3) is 0 Å². The van der Waals surface area contributed by atoms with Crippen molar-refractivity contribution in [1.82, 2.24) is 9.97 Å². The molecule has 140 valence electrons. The van der Waals surface area contributed by atoms with Crippen LogP contribution in [0.5, 0.6) is 0 Å². The molecule has 1 fully saturated rings. The third-order valence-corrected chi connectivity index (χ3v) is 5.93. The van der Waals surface area contributed by atoms with Crippen molar-refractivity contribution in [2.75, 3.05) is 10.6 Å². The van der Waals surface area contributed by atoms with Gasteiger partial charge in [-0.2, -0.15) is 0 Å². The van der Waals surface area contributed by atoms with Crippen LogP contribution in [0.2, 0.25) is 0 Å². The molecule has 6 nitrogen and oxygen atoms in total. The van der Waals surface area contributed by atoms with Crippen LogP contribution in [-0.4, -0.2) is 28.6 Å². The van der Waals surface area contributed by atoms with Gasteiger partial charge in [0.2, 0.25) is 5.91 Å². The van der Waals surface area contributed by atoms with Gasteiger partial charge in [-0.05, 0) is 51.5 Å². The number of pyridine rings is 2. The van der Waals surface area contributed by atoms with Gasteiger partial charge in [-0.25, -0.2) is 4.98 Å². The average Bonchev–Trinajstić information content (AvgIpc) is 2.80. The van der Waals surface area contributed by atoms with Gasteiger partial charge in [0.15, 0.2) is 0 Å². The zero-order valence-corrected chi connectivity index (χ0v) is 16.1. The minimum absolute atomic E-state index is 0.135. The SMILES string of the molecule is C=Nc1cc(N)nc(-c2cnc3c(c2)N(C2CC(CC)C2)C(=O)C3(C)C)c1. The zero-order valence-electron chi connectivity index (χ0n) is 16.1. The van der Waals surface area contributed by atoms with Gasteiger partial charge in [-0.3, -0.25) is 14.8 Å². The van der Waals surface area contributed by atoms with E-state index in [0.29, 0.717) is 23.1 Å². The molecule has 4 rings (SSSR count). The summed E-state index contributed by atoms with van der Waals surface area (Å²) in [5.74, 6) is 1.23. The van der Waals surface area contributed by atoms with Crippen LogP contribution in [0.25, 0.3) is 11.3 Å². The number of nitrogens with zero attached hydrogens (tertiary/aromatic N) is 4. The van der Waals surface area contributed by atoms with Gasteiger partial charge in [0.1, 0.15) is 5.82 Å². The van der Waals surface area contributed by atoms with Crippen LogP contribution in [0, 0.1) is 5.92 Å². The molecule has 2 aromatic heterocycles. The number of anilines is 2. The topological polar surface area (TPSA) is 84.5 Å². The Kier molecular flexibility index (Phi) is 4.02. The number of carbonyl (C=O) groups is 1. The van der Waals surface area contributed by atoms with Crippen molar-refractivity contribution in [3.05, 3.63) is 30.1 Å². The predicted octanol–water partition coefficient (Wildman–Crippen LogP) is 3.87. The van der Waals surface area contributed by atoms with Gasteiger partial charge in [-0.15, -0.1) is 0 Å². The number of nitrogens with two attached hydrogens (primary N) is 1. The van der Waals surface area contributed by atoms with Crippen molar-refractivity contribution in [1.29, 1.82) is 0 Å². The molecule has 2 aromatic rings. The van der Waals surface area contributed by atoms with E-state index in [1.165, 1.54) is 0 Å². The summed E-state index contributed by atoms with van der Waals surface area (Å²) < 4.78 is 0. The van der Waals surface area contributed by atoms with E-state index in [2.05, 4.69) is 28.6 Å². The van der Waals surface area contributed by atoms with Gasteiger partial charge in [0.05, 0.1) is 28.2 Å². The number of aromatic nitrogens is 2. The lowest BCUT2D eigenvalue weighted by Gasteiger charge is -2.41. The van der Waals surface area contributed by atoms with Crippen molar-refractivity contribution >= 4 is 29.8 Å². The largest absolute Gasteiger partial charge is 0.384 e. The average molecular weight is 363 g/mol. The molecule has 2 N–H and O–H groups in total. The minimum atomic E-state index is -0.609. The van der Waals surface area contributed by atoms with Crippen molar-refractivity contribution in [2.45, 2.75) is 51.5 Å². The van der Waals surface area contributed by atoms with Gasteiger partial charge in [-0.1, -0.05) is 13.3 Å². The maximum atomic E-state index is 13.1. The fourth-order valence-electron chi connectivity index (χ4n) is 4.15. The summed E-state index contributed by atoms with van der Waals surface area (Å²) in [5, 5.41) is 0. The second kappa shape index (κ2) is 6.15. The summed E-state index contributed by atoms with van der Waals surface area (Å²) >= 11 is 0. The van der Waals surface area contributed by atoms with Crippen molar-refractivity contribution in [2.24, 2.45) is 10.9 Å². The first kappa shape index (κ1) is 17.6. The lowest BCUT2D eigenvalue weighted by atomic mass is 9.77. The zero-order chi connectivity index (χ0) is 19.3. The maximum Gasteiger partial charge on any atom is 0.239 e. The van der Waals surface area contributed by atoms with Crippen LogP contribution < -0.4 is 10.6 Å². The third kappa shape index (κ3) is 2.71. The number of fused-ring (bicyclic) bond motifs is 1. The summed E-state index contributed by atoms with van der Waals surface area (Å²) in [5.41, 5.74) is 9.21. The van der Waals surface area contributed by atoms with Crippen LogP contribution in [-0.2, 0) is 10.2 Å². The number of nitrogen functional groups attached to an aromatic ring is 1. The highest BCUT2D eigenvalue weighted by Gasteiger charge is 2.50. The monoisotopic (exact) mass is 363 g/mol. The molecule has 6 heteroatoms. The normalized spacial score (nSPS) is 23.1. The fraction of sp³-hybridized carbons (Fsp3) is 0.429. The summed E-state index contributed by atoms with van der Waals surface area (Å²) in [6.45, 7) is 9.68. The Morgan fingerprint density at radius 3 is 2.74 bits per heavy atom. The van der Waals surface area contributed by atoms with Crippen molar-refractivity contribution < 1.29 is 4.79 Å². The van der Waals surface area contributed by atoms with Crippen LogP contribution in [0.15, 0.2) is 29.4 Å². The number of amides is 1. The molecule has 0 aromatic carbocycles. The fourth-order valence-corrected chi connectivity index (χ4v) is 4.15. The first-order valence-corrected chi connectivity index (χ1v) is 9.44. The number of hydrogen-bond donors (Lipinski definition) is 1. The summed E-state index contributed by atoms with van der Waals surface area (Å²) in [7, 11) is 0.